The van der Waals surface area contributed by atoms with Crippen LogP contribution in [0.25, 0.3) is 0 Å². The van der Waals surface area contributed by atoms with Crippen molar-refractivity contribution < 1.29 is 13.9 Å². The van der Waals surface area contributed by atoms with Gasteiger partial charge in [0.15, 0.2) is 5.69 Å². The summed E-state index contributed by atoms with van der Waals surface area (Å²) in [6, 6.07) is 9.41. The Morgan fingerprint density at radius 2 is 2.09 bits per heavy atom. The minimum Gasteiger partial charge on any atom is -0.318 e. The van der Waals surface area contributed by atoms with Crippen LogP contribution >= 0.6 is 10.6 Å². The quantitative estimate of drug-likeness (QED) is 0.376. The first-order chi connectivity index (χ1) is 16.2. The molecule has 2 aliphatic rings. The lowest BCUT2D eigenvalue weighted by Gasteiger charge is -2.43. The van der Waals surface area contributed by atoms with Crippen LogP contribution in [0.3, 0.4) is 0 Å². The number of fused-ring (bicyclic) bond motifs is 1. The fraction of sp³-hybridized carbons (Fsp3) is 0.458. The molecule has 2 atom stereocenters. The van der Waals surface area contributed by atoms with E-state index in [4.69, 9.17) is 0 Å². The zero-order valence-electron chi connectivity index (χ0n) is 19.5. The highest BCUT2D eigenvalue weighted by Gasteiger charge is 2.34. The van der Waals surface area contributed by atoms with Crippen LogP contribution in [-0.4, -0.2) is 59.1 Å². The van der Waals surface area contributed by atoms with E-state index >= 15 is 0 Å². The number of nitrogens with one attached hydrogen (secondary N) is 3. The van der Waals surface area contributed by atoms with E-state index < -0.39 is 10.6 Å². The summed E-state index contributed by atoms with van der Waals surface area (Å²) in [5.41, 5.74) is 4.27. The van der Waals surface area contributed by atoms with Crippen LogP contribution in [0, 0.1) is 5.41 Å². The molecule has 5 N–H and O–H groups in total. The van der Waals surface area contributed by atoms with Crippen LogP contribution in [-0.2, 0) is 12.8 Å². The van der Waals surface area contributed by atoms with E-state index in [0.29, 0.717) is 23.7 Å². The molecule has 182 valence electrons. The maximum atomic E-state index is 13.0. The van der Waals surface area contributed by atoms with Crippen LogP contribution < -0.4 is 10.6 Å². The fourth-order valence-electron chi connectivity index (χ4n) is 5.04. The molecule has 3 aromatic rings. The molecule has 0 bridgehead atoms. The van der Waals surface area contributed by atoms with Gasteiger partial charge in [-0.1, -0.05) is 44.2 Å². The van der Waals surface area contributed by atoms with Crippen molar-refractivity contribution in [3.63, 3.8) is 0 Å². The Bertz CT molecular complexity index is 1170. The number of rotatable bonds is 5. The van der Waals surface area contributed by atoms with Gasteiger partial charge < -0.3 is 10.6 Å². The predicted octanol–water partition coefficient (Wildman–Crippen LogP) is 3.69. The Labute approximate surface area is 200 Å². The van der Waals surface area contributed by atoms with Crippen molar-refractivity contribution in [1.29, 1.82) is 0 Å². The summed E-state index contributed by atoms with van der Waals surface area (Å²) in [4.78, 5) is 13.0. The lowest BCUT2D eigenvalue weighted by Crippen LogP contribution is -2.48. The number of hydrogen-bond acceptors (Lipinski definition) is 6. The largest absolute Gasteiger partial charge is 0.318 e. The number of nitrogens with zero attached hydrogens (tertiary/aromatic N) is 3. The molecule has 0 saturated carbocycles. The number of aromatic amines is 1. The molecule has 1 amide bonds. The third kappa shape index (κ3) is 4.76. The second-order valence-electron chi connectivity index (χ2n) is 10.1. The number of hydrogen-bond donors (Lipinski definition) is 5. The van der Waals surface area contributed by atoms with Crippen LogP contribution in [0.5, 0.6) is 0 Å². The van der Waals surface area contributed by atoms with Crippen molar-refractivity contribution in [3.05, 3.63) is 65.2 Å². The van der Waals surface area contributed by atoms with Crippen LogP contribution in [0.4, 0.5) is 5.69 Å². The number of aromatic nitrogens is 4. The average Bonchev–Trinajstić information content (AvgIpc) is 3.40. The molecule has 1 aliphatic carbocycles. The first-order valence-electron chi connectivity index (χ1n) is 11.6. The Morgan fingerprint density at radius 3 is 2.85 bits per heavy atom. The topological polar surface area (TPSA) is 128 Å². The average molecular weight is 485 g/mol. The number of benzene rings is 1. The van der Waals surface area contributed by atoms with Gasteiger partial charge in [0.2, 0.25) is 0 Å². The SMILES string of the molecule is CC1(C)CCc2c(C(=O)Nc3cnn(C(c4ccccc4)C4CS(O)(O)CCN4)c3)n[nH]c2C1. The van der Waals surface area contributed by atoms with E-state index in [-0.39, 0.29) is 29.2 Å². The molecule has 1 saturated heterocycles. The maximum absolute atomic E-state index is 13.0. The van der Waals surface area contributed by atoms with Gasteiger partial charge in [-0.3, -0.25) is 23.7 Å². The summed E-state index contributed by atoms with van der Waals surface area (Å²) >= 11 is 0. The molecule has 1 aromatic carbocycles. The molecule has 3 heterocycles. The maximum Gasteiger partial charge on any atom is 0.276 e. The van der Waals surface area contributed by atoms with E-state index in [1.165, 1.54) is 0 Å². The molecule has 10 heteroatoms. The monoisotopic (exact) mass is 484 g/mol. The molecule has 0 radical (unpaired) electrons. The highest BCUT2D eigenvalue weighted by Crippen LogP contribution is 2.43. The normalized spacial score (nSPS) is 23.0. The fourth-order valence-corrected chi connectivity index (χ4v) is 6.53. The lowest BCUT2D eigenvalue weighted by atomic mass is 9.76. The summed E-state index contributed by atoms with van der Waals surface area (Å²) in [6.07, 6.45) is 6.14. The number of carbonyl (C=O) groups excluding carboxylic acids is 1. The van der Waals surface area contributed by atoms with Gasteiger partial charge in [0.1, 0.15) is 0 Å². The molecule has 1 fully saturated rings. The molecule has 2 aromatic heterocycles. The summed E-state index contributed by atoms with van der Waals surface area (Å²) < 4.78 is 22.5. The molecule has 0 spiro atoms. The molecule has 5 rings (SSSR count). The highest BCUT2D eigenvalue weighted by molar-refractivity contribution is 8.24. The van der Waals surface area contributed by atoms with E-state index in [9.17, 15) is 13.9 Å². The van der Waals surface area contributed by atoms with Gasteiger partial charge in [-0.05, 0) is 30.2 Å². The van der Waals surface area contributed by atoms with Crippen LogP contribution in [0.15, 0.2) is 42.7 Å². The van der Waals surface area contributed by atoms with Crippen LogP contribution in [0.1, 0.15) is 53.6 Å². The van der Waals surface area contributed by atoms with E-state index in [0.717, 1.165) is 36.1 Å². The number of anilines is 1. The van der Waals surface area contributed by atoms with E-state index in [1.807, 2.05) is 30.3 Å². The van der Waals surface area contributed by atoms with Gasteiger partial charge >= 0.3 is 0 Å². The summed E-state index contributed by atoms with van der Waals surface area (Å²) in [5, 5.41) is 18.3. The number of carbonyl (C=O) groups is 1. The third-order valence-corrected chi connectivity index (χ3v) is 8.57. The second kappa shape index (κ2) is 8.84. The molecule has 34 heavy (non-hydrogen) atoms. The minimum absolute atomic E-state index is 0.202. The van der Waals surface area contributed by atoms with Crippen molar-refractivity contribution >= 4 is 22.2 Å². The zero-order valence-corrected chi connectivity index (χ0v) is 20.3. The Balaban J connectivity index is 1.37. The first kappa shape index (κ1) is 23.1. The Kier molecular flexibility index (Phi) is 6.01. The van der Waals surface area contributed by atoms with E-state index in [1.54, 1.807) is 17.1 Å². The predicted molar refractivity (Wildman–Crippen MR) is 134 cm³/mol. The number of amides is 1. The van der Waals surface area contributed by atoms with Crippen LogP contribution in [0.2, 0.25) is 0 Å². The third-order valence-electron chi connectivity index (χ3n) is 6.82. The highest BCUT2D eigenvalue weighted by atomic mass is 32.3. The standard InChI is InChI=1S/C24H32N6O3S/c1-24(2)9-8-18-19(12-24)28-29-21(18)23(31)27-17-13-26-30(14-17)22(16-6-4-3-5-7-16)20-15-34(32,33)11-10-25-20/h3-7,13-14,20,22,25,32-33H,8-12,15H2,1-2H3,(H,27,31)(H,28,29). The van der Waals surface area contributed by atoms with E-state index in [2.05, 4.69) is 39.8 Å². The van der Waals surface area contributed by atoms with Gasteiger partial charge in [-0.2, -0.15) is 20.8 Å². The molecular formula is C24H32N6O3S. The van der Waals surface area contributed by atoms with Crippen molar-refractivity contribution in [2.75, 3.05) is 23.4 Å². The van der Waals surface area contributed by atoms with Gasteiger partial charge in [-0.25, -0.2) is 0 Å². The minimum atomic E-state index is -2.64. The smallest absolute Gasteiger partial charge is 0.276 e. The van der Waals surface area contributed by atoms with Gasteiger partial charge in [0, 0.05) is 29.8 Å². The van der Waals surface area contributed by atoms with Gasteiger partial charge in [-0.15, -0.1) is 0 Å². The molecule has 9 nitrogen and oxygen atoms in total. The number of H-pyrrole nitrogens is 1. The zero-order chi connectivity index (χ0) is 23.9. The van der Waals surface area contributed by atoms with Crippen molar-refractivity contribution in [1.82, 2.24) is 25.3 Å². The summed E-state index contributed by atoms with van der Waals surface area (Å²) in [5.74, 6) is 0.360. The lowest BCUT2D eigenvalue weighted by molar-refractivity contribution is 0.102. The van der Waals surface area contributed by atoms with Gasteiger partial charge in [0.05, 0.1) is 29.7 Å². The first-order valence-corrected chi connectivity index (χ1v) is 13.5. The molecular weight excluding hydrogens is 452 g/mol. The van der Waals surface area contributed by atoms with Crippen molar-refractivity contribution in [2.24, 2.45) is 5.41 Å². The molecule has 1 aliphatic heterocycles. The van der Waals surface area contributed by atoms with Crippen molar-refractivity contribution in [2.45, 2.75) is 45.2 Å². The second-order valence-corrected chi connectivity index (χ2v) is 12.5. The Morgan fingerprint density at radius 1 is 1.29 bits per heavy atom. The summed E-state index contributed by atoms with van der Waals surface area (Å²) in [6.45, 7) is 4.99. The molecule has 2 unspecified atom stereocenters. The van der Waals surface area contributed by atoms with Gasteiger partial charge in [0.25, 0.3) is 5.91 Å². The van der Waals surface area contributed by atoms with Crippen molar-refractivity contribution in [3.8, 4) is 0 Å². The summed E-state index contributed by atoms with van der Waals surface area (Å²) in [7, 11) is -2.64. The Hall–Kier alpha value is -2.66.